The van der Waals surface area contributed by atoms with Crippen LogP contribution in [0.15, 0.2) is 30.5 Å². The van der Waals surface area contributed by atoms with Gasteiger partial charge < -0.3 is 9.30 Å². The Morgan fingerprint density at radius 3 is 2.59 bits per heavy atom. The van der Waals surface area contributed by atoms with Crippen LogP contribution in [-0.4, -0.2) is 24.9 Å². The number of hydrogen-bond donors (Lipinski definition) is 0. The van der Waals surface area contributed by atoms with E-state index in [9.17, 15) is 4.79 Å². The fourth-order valence-electron chi connectivity index (χ4n) is 4.54. The molecule has 5 rings (SSSR count). The van der Waals surface area contributed by atoms with Crippen LogP contribution in [0.2, 0.25) is 0 Å². The maximum absolute atomic E-state index is 12.6. The Labute approximate surface area is 188 Å². The van der Waals surface area contributed by atoms with Crippen LogP contribution in [0.3, 0.4) is 0 Å². The third-order valence-corrected chi connectivity index (χ3v) is 6.40. The summed E-state index contributed by atoms with van der Waals surface area (Å²) in [6.45, 7) is 4.36. The molecule has 3 aromatic heterocycles. The molecule has 168 valence electrons. The lowest BCUT2D eigenvalue weighted by Crippen LogP contribution is -2.08. The number of benzene rings is 1. The number of ether oxygens (including phenoxy) is 1. The van der Waals surface area contributed by atoms with Crippen LogP contribution in [0.5, 0.6) is 5.75 Å². The molecular formula is C26H32N4O2. The maximum Gasteiger partial charge on any atom is 0.311 e. The first kappa shape index (κ1) is 21.0. The summed E-state index contributed by atoms with van der Waals surface area (Å²) in [4.78, 5) is 22.7. The standard InChI is InChI=1S/C26H32N4O2/c1-3-5-7-13-22-28-25-24(26-27-19-11-9-10-12-20(19)30(22)26)21(17-29(25)18-15-16-18)32-23(31)14-8-6-4-2/h9-12,17-18H,3-8,13-16H2,1-2H3. The zero-order chi connectivity index (χ0) is 22.1. The van der Waals surface area contributed by atoms with Crippen molar-refractivity contribution in [1.29, 1.82) is 0 Å². The number of para-hydroxylation sites is 2. The lowest BCUT2D eigenvalue weighted by Gasteiger charge is -2.09. The highest BCUT2D eigenvalue weighted by atomic mass is 16.5. The van der Waals surface area contributed by atoms with E-state index in [0.717, 1.165) is 78.5 Å². The van der Waals surface area contributed by atoms with Crippen LogP contribution in [0.4, 0.5) is 0 Å². The molecular weight excluding hydrogens is 400 g/mol. The van der Waals surface area contributed by atoms with Crippen molar-refractivity contribution in [1.82, 2.24) is 18.9 Å². The number of unbranched alkanes of at least 4 members (excludes halogenated alkanes) is 4. The molecule has 0 radical (unpaired) electrons. The highest BCUT2D eigenvalue weighted by Crippen LogP contribution is 2.42. The van der Waals surface area contributed by atoms with E-state index in [1.54, 1.807) is 0 Å². The largest absolute Gasteiger partial charge is 0.424 e. The molecule has 1 saturated carbocycles. The van der Waals surface area contributed by atoms with Crippen molar-refractivity contribution in [3.05, 3.63) is 36.3 Å². The summed E-state index contributed by atoms with van der Waals surface area (Å²) < 4.78 is 10.3. The predicted molar refractivity (Wildman–Crippen MR) is 127 cm³/mol. The van der Waals surface area contributed by atoms with Crippen molar-refractivity contribution >= 4 is 33.7 Å². The summed E-state index contributed by atoms with van der Waals surface area (Å²) in [5.74, 6) is 1.46. The Morgan fingerprint density at radius 2 is 1.81 bits per heavy atom. The Balaban J connectivity index is 1.67. The topological polar surface area (TPSA) is 61.4 Å². The van der Waals surface area contributed by atoms with Gasteiger partial charge in [-0.15, -0.1) is 0 Å². The molecule has 1 aliphatic carbocycles. The third-order valence-electron chi connectivity index (χ3n) is 6.40. The van der Waals surface area contributed by atoms with E-state index in [-0.39, 0.29) is 5.97 Å². The second-order valence-electron chi connectivity index (χ2n) is 9.01. The van der Waals surface area contributed by atoms with E-state index in [1.807, 2.05) is 24.4 Å². The second-order valence-corrected chi connectivity index (χ2v) is 9.01. The summed E-state index contributed by atoms with van der Waals surface area (Å²) >= 11 is 0. The minimum atomic E-state index is -0.172. The van der Waals surface area contributed by atoms with Gasteiger partial charge in [0, 0.05) is 25.1 Å². The number of carbonyl (C=O) groups is 1. The SMILES string of the molecule is CCCCCC(=O)Oc1cn(C2CC2)c2nc(CCCCC)n3c4ccccc4nc3c12. The lowest BCUT2D eigenvalue weighted by atomic mass is 10.2. The van der Waals surface area contributed by atoms with E-state index in [2.05, 4.69) is 28.9 Å². The molecule has 0 unspecified atom stereocenters. The number of carbonyl (C=O) groups excluding carboxylic acids is 1. The molecule has 1 aliphatic rings. The first-order chi connectivity index (χ1) is 15.7. The smallest absolute Gasteiger partial charge is 0.311 e. The van der Waals surface area contributed by atoms with Crippen LogP contribution >= 0.6 is 0 Å². The summed E-state index contributed by atoms with van der Waals surface area (Å²) in [5.41, 5.74) is 3.75. The first-order valence-electron chi connectivity index (χ1n) is 12.2. The summed E-state index contributed by atoms with van der Waals surface area (Å²) in [7, 11) is 0. The fraction of sp³-hybridized carbons (Fsp3) is 0.500. The van der Waals surface area contributed by atoms with Crippen LogP contribution in [-0.2, 0) is 11.2 Å². The molecule has 0 amide bonds. The van der Waals surface area contributed by atoms with Gasteiger partial charge in [-0.05, 0) is 37.8 Å². The Bertz CT molecular complexity index is 1270. The van der Waals surface area contributed by atoms with E-state index in [4.69, 9.17) is 14.7 Å². The molecule has 0 N–H and O–H groups in total. The molecule has 6 heteroatoms. The number of hydrogen-bond acceptors (Lipinski definition) is 4. The van der Waals surface area contributed by atoms with Gasteiger partial charge in [-0.2, -0.15) is 0 Å². The summed E-state index contributed by atoms with van der Waals surface area (Å²) in [6, 6.07) is 8.63. The van der Waals surface area contributed by atoms with Gasteiger partial charge in [0.2, 0.25) is 0 Å². The van der Waals surface area contributed by atoms with Crippen molar-refractivity contribution in [3.8, 4) is 5.75 Å². The van der Waals surface area contributed by atoms with Crippen molar-refractivity contribution in [3.63, 3.8) is 0 Å². The van der Waals surface area contributed by atoms with E-state index < -0.39 is 0 Å². The van der Waals surface area contributed by atoms with Gasteiger partial charge in [0.15, 0.2) is 11.4 Å². The second kappa shape index (κ2) is 8.93. The summed E-state index contributed by atoms with van der Waals surface area (Å²) in [5, 5.41) is 0.858. The van der Waals surface area contributed by atoms with E-state index >= 15 is 0 Å². The normalized spacial score (nSPS) is 14.1. The van der Waals surface area contributed by atoms with Gasteiger partial charge in [0.05, 0.1) is 11.0 Å². The van der Waals surface area contributed by atoms with Gasteiger partial charge in [0.1, 0.15) is 16.9 Å². The van der Waals surface area contributed by atoms with E-state index in [0.29, 0.717) is 18.2 Å². The zero-order valence-corrected chi connectivity index (χ0v) is 19.1. The highest BCUT2D eigenvalue weighted by molar-refractivity contribution is 6.01. The zero-order valence-electron chi connectivity index (χ0n) is 19.1. The molecule has 0 bridgehead atoms. The summed E-state index contributed by atoms with van der Waals surface area (Å²) in [6.07, 6.45) is 12.1. The van der Waals surface area contributed by atoms with Crippen LogP contribution in [0.25, 0.3) is 27.7 Å². The average molecular weight is 433 g/mol. The molecule has 0 aliphatic heterocycles. The number of imidazole rings is 1. The monoisotopic (exact) mass is 432 g/mol. The number of nitrogens with zero attached hydrogens (tertiary/aromatic N) is 4. The van der Waals surface area contributed by atoms with Crippen LogP contribution in [0.1, 0.15) is 83.5 Å². The fourth-order valence-corrected chi connectivity index (χ4v) is 4.54. The third kappa shape index (κ3) is 3.87. The number of rotatable bonds is 10. The number of aromatic nitrogens is 4. The average Bonchev–Trinajstić information content (AvgIpc) is 3.47. The molecule has 32 heavy (non-hydrogen) atoms. The first-order valence-corrected chi connectivity index (χ1v) is 12.2. The molecule has 0 saturated heterocycles. The maximum atomic E-state index is 12.6. The lowest BCUT2D eigenvalue weighted by molar-refractivity contribution is -0.134. The quantitative estimate of drug-likeness (QED) is 0.215. The van der Waals surface area contributed by atoms with Gasteiger partial charge in [-0.1, -0.05) is 51.7 Å². The van der Waals surface area contributed by atoms with Crippen molar-refractivity contribution in [2.75, 3.05) is 0 Å². The van der Waals surface area contributed by atoms with Gasteiger partial charge in [0.25, 0.3) is 0 Å². The molecule has 0 atom stereocenters. The number of fused-ring (bicyclic) bond motifs is 5. The van der Waals surface area contributed by atoms with Crippen LogP contribution in [0, 0.1) is 0 Å². The number of esters is 1. The van der Waals surface area contributed by atoms with E-state index in [1.165, 1.54) is 12.8 Å². The molecule has 0 spiro atoms. The van der Waals surface area contributed by atoms with Gasteiger partial charge in [-0.25, -0.2) is 9.97 Å². The van der Waals surface area contributed by atoms with Crippen molar-refractivity contribution in [2.45, 2.75) is 84.1 Å². The predicted octanol–water partition coefficient (Wildman–Crippen LogP) is 6.39. The number of aryl methyl sites for hydroxylation is 1. The van der Waals surface area contributed by atoms with Crippen LogP contribution < -0.4 is 4.74 Å². The van der Waals surface area contributed by atoms with Crippen molar-refractivity contribution < 1.29 is 9.53 Å². The Kier molecular flexibility index (Phi) is 5.85. The Morgan fingerprint density at radius 1 is 1.03 bits per heavy atom. The highest BCUT2D eigenvalue weighted by Gasteiger charge is 2.30. The minimum Gasteiger partial charge on any atom is -0.424 e. The molecule has 4 aromatic rings. The molecule has 6 nitrogen and oxygen atoms in total. The van der Waals surface area contributed by atoms with Crippen molar-refractivity contribution in [2.24, 2.45) is 0 Å². The molecule has 1 fully saturated rings. The minimum absolute atomic E-state index is 0.172. The van der Waals surface area contributed by atoms with Gasteiger partial charge >= 0.3 is 5.97 Å². The Hall–Kier alpha value is -2.89. The molecule has 1 aromatic carbocycles. The van der Waals surface area contributed by atoms with Gasteiger partial charge in [-0.3, -0.25) is 9.20 Å². The molecule has 3 heterocycles.